The van der Waals surface area contributed by atoms with Crippen molar-refractivity contribution in [3.8, 4) is 11.3 Å². The van der Waals surface area contributed by atoms with Crippen LogP contribution in [0.15, 0.2) is 34.9 Å². The summed E-state index contributed by atoms with van der Waals surface area (Å²) in [6, 6.07) is 7.88. The molecule has 5 nitrogen and oxygen atoms in total. The third kappa shape index (κ3) is 1.84. The minimum Gasteiger partial charge on any atom is -0.477 e. The van der Waals surface area contributed by atoms with E-state index in [4.69, 9.17) is 5.11 Å². The molecule has 20 heavy (non-hydrogen) atoms. The highest BCUT2D eigenvalue weighted by atomic mass is 79.9. The van der Waals surface area contributed by atoms with Crippen LogP contribution in [0.1, 0.15) is 16.2 Å². The Labute approximate surface area is 123 Å². The van der Waals surface area contributed by atoms with Gasteiger partial charge in [-0.2, -0.15) is 0 Å². The van der Waals surface area contributed by atoms with Gasteiger partial charge in [0.05, 0.1) is 5.69 Å². The van der Waals surface area contributed by atoms with Crippen LogP contribution in [0.5, 0.6) is 0 Å². The first-order valence-corrected chi connectivity index (χ1v) is 6.82. The van der Waals surface area contributed by atoms with Crippen LogP contribution in [0.4, 0.5) is 0 Å². The number of aromatic carboxylic acids is 1. The summed E-state index contributed by atoms with van der Waals surface area (Å²) in [6.07, 6.45) is 1.60. The molecule has 1 N–H and O–H groups in total. The molecule has 3 rings (SSSR count). The SMILES string of the molecule is Cc1c(-c2cccc(Br)c2)nc2n(C)c(C(=O)O)cn12. The summed E-state index contributed by atoms with van der Waals surface area (Å²) in [4.78, 5) is 15.7. The van der Waals surface area contributed by atoms with Crippen LogP contribution in [0.2, 0.25) is 0 Å². The van der Waals surface area contributed by atoms with Crippen molar-refractivity contribution in [3.63, 3.8) is 0 Å². The summed E-state index contributed by atoms with van der Waals surface area (Å²) in [5.41, 5.74) is 2.99. The van der Waals surface area contributed by atoms with Crippen molar-refractivity contribution in [1.82, 2.24) is 14.0 Å². The van der Waals surface area contributed by atoms with Crippen LogP contribution >= 0.6 is 15.9 Å². The number of fused-ring (bicyclic) bond motifs is 1. The van der Waals surface area contributed by atoms with E-state index in [2.05, 4.69) is 20.9 Å². The van der Waals surface area contributed by atoms with E-state index in [1.165, 1.54) is 0 Å². The van der Waals surface area contributed by atoms with Crippen LogP contribution in [-0.2, 0) is 7.05 Å². The van der Waals surface area contributed by atoms with Gasteiger partial charge in [-0.1, -0.05) is 28.1 Å². The van der Waals surface area contributed by atoms with Crippen LogP contribution in [0.25, 0.3) is 17.0 Å². The maximum atomic E-state index is 11.1. The molecule has 2 aromatic heterocycles. The van der Waals surface area contributed by atoms with Crippen molar-refractivity contribution in [2.24, 2.45) is 7.05 Å². The second kappa shape index (κ2) is 4.49. The van der Waals surface area contributed by atoms with Crippen molar-refractivity contribution in [2.45, 2.75) is 6.92 Å². The zero-order valence-electron chi connectivity index (χ0n) is 11.0. The molecule has 0 aliphatic carbocycles. The smallest absolute Gasteiger partial charge is 0.354 e. The Kier molecular flexibility index (Phi) is 2.90. The number of hydrogen-bond donors (Lipinski definition) is 1. The van der Waals surface area contributed by atoms with Gasteiger partial charge in [-0.3, -0.25) is 4.40 Å². The van der Waals surface area contributed by atoms with Gasteiger partial charge in [-0.15, -0.1) is 0 Å². The molecule has 0 radical (unpaired) electrons. The lowest BCUT2D eigenvalue weighted by Crippen LogP contribution is -2.04. The first kappa shape index (κ1) is 12.9. The number of nitrogens with zero attached hydrogens (tertiary/aromatic N) is 3. The molecule has 0 spiro atoms. The average Bonchev–Trinajstić information content (AvgIpc) is 2.88. The number of imidazole rings is 2. The second-order valence-electron chi connectivity index (χ2n) is 4.60. The molecule has 0 saturated heterocycles. The Morgan fingerprint density at radius 3 is 2.75 bits per heavy atom. The normalized spacial score (nSPS) is 11.2. The second-order valence-corrected chi connectivity index (χ2v) is 5.52. The molecule has 0 atom stereocenters. The molecule has 0 fully saturated rings. The number of aryl methyl sites for hydroxylation is 2. The number of carboxylic acid groups (broad SMARTS) is 1. The molecule has 6 heteroatoms. The quantitative estimate of drug-likeness (QED) is 0.783. The molecule has 0 bridgehead atoms. The zero-order chi connectivity index (χ0) is 14.4. The molecule has 0 aliphatic heterocycles. The molecular weight excluding hydrogens is 322 g/mol. The van der Waals surface area contributed by atoms with Crippen molar-refractivity contribution >= 4 is 27.7 Å². The summed E-state index contributed by atoms with van der Waals surface area (Å²) in [5, 5.41) is 9.13. The van der Waals surface area contributed by atoms with Crippen LogP contribution in [0, 0.1) is 6.92 Å². The number of rotatable bonds is 2. The highest BCUT2D eigenvalue weighted by Crippen LogP contribution is 2.27. The monoisotopic (exact) mass is 333 g/mol. The Balaban J connectivity index is 2.25. The minimum atomic E-state index is -0.957. The van der Waals surface area contributed by atoms with Gasteiger partial charge in [-0.25, -0.2) is 9.78 Å². The predicted molar refractivity (Wildman–Crippen MR) is 79.0 cm³/mol. The Morgan fingerprint density at radius 1 is 1.40 bits per heavy atom. The first-order chi connectivity index (χ1) is 9.49. The van der Waals surface area contributed by atoms with E-state index in [-0.39, 0.29) is 5.69 Å². The molecule has 0 amide bonds. The van der Waals surface area contributed by atoms with Crippen molar-refractivity contribution in [2.75, 3.05) is 0 Å². The Hall–Kier alpha value is -2.08. The maximum Gasteiger partial charge on any atom is 0.354 e. The molecule has 0 unspecified atom stereocenters. The van der Waals surface area contributed by atoms with Gasteiger partial charge >= 0.3 is 5.97 Å². The van der Waals surface area contributed by atoms with E-state index >= 15 is 0 Å². The van der Waals surface area contributed by atoms with E-state index in [0.29, 0.717) is 5.78 Å². The van der Waals surface area contributed by atoms with E-state index in [9.17, 15) is 4.79 Å². The van der Waals surface area contributed by atoms with Crippen molar-refractivity contribution in [1.29, 1.82) is 0 Å². The molecule has 2 heterocycles. The molecular formula is C14H12BrN3O2. The summed E-state index contributed by atoms with van der Waals surface area (Å²) < 4.78 is 4.37. The highest BCUT2D eigenvalue weighted by Gasteiger charge is 2.18. The van der Waals surface area contributed by atoms with E-state index < -0.39 is 5.97 Å². The number of benzene rings is 1. The van der Waals surface area contributed by atoms with Gasteiger partial charge in [0.15, 0.2) is 0 Å². The first-order valence-electron chi connectivity index (χ1n) is 6.02. The van der Waals surface area contributed by atoms with E-state index in [1.54, 1.807) is 22.2 Å². The summed E-state index contributed by atoms with van der Waals surface area (Å²) in [7, 11) is 1.70. The molecule has 1 aromatic carbocycles. The van der Waals surface area contributed by atoms with Crippen molar-refractivity contribution in [3.05, 3.63) is 46.3 Å². The lowest BCUT2D eigenvalue weighted by molar-refractivity contribution is 0.0687. The topological polar surface area (TPSA) is 59.5 Å². The number of aromatic nitrogens is 3. The Bertz CT molecular complexity index is 832. The van der Waals surface area contributed by atoms with Gasteiger partial charge in [0.2, 0.25) is 5.78 Å². The highest BCUT2D eigenvalue weighted by molar-refractivity contribution is 9.10. The fourth-order valence-electron chi connectivity index (χ4n) is 2.31. The van der Waals surface area contributed by atoms with Gasteiger partial charge < -0.3 is 9.67 Å². The molecule has 102 valence electrons. The number of carbonyl (C=O) groups is 1. The van der Waals surface area contributed by atoms with Gasteiger partial charge in [-0.05, 0) is 19.1 Å². The lowest BCUT2D eigenvalue weighted by atomic mass is 10.1. The standard InChI is InChI=1S/C14H12BrN3O2/c1-8-12(9-4-3-5-10(15)6-9)16-14-17(2)11(13(19)20)7-18(8)14/h3-7H,1-2H3,(H,19,20). The third-order valence-corrected chi connectivity index (χ3v) is 3.85. The molecule has 0 aliphatic rings. The fourth-order valence-corrected chi connectivity index (χ4v) is 2.71. The number of carboxylic acids is 1. The van der Waals surface area contributed by atoms with E-state index in [1.807, 2.05) is 31.2 Å². The summed E-state index contributed by atoms with van der Waals surface area (Å²) in [6.45, 7) is 1.93. The predicted octanol–water partition coefficient (Wildman–Crippen LogP) is 3.11. The van der Waals surface area contributed by atoms with Crippen molar-refractivity contribution < 1.29 is 9.90 Å². The minimum absolute atomic E-state index is 0.219. The largest absolute Gasteiger partial charge is 0.477 e. The van der Waals surface area contributed by atoms with Gasteiger partial charge in [0.25, 0.3) is 0 Å². The van der Waals surface area contributed by atoms with Crippen LogP contribution in [0.3, 0.4) is 0 Å². The van der Waals surface area contributed by atoms with E-state index in [0.717, 1.165) is 21.4 Å². The zero-order valence-corrected chi connectivity index (χ0v) is 12.5. The number of halogens is 1. The lowest BCUT2D eigenvalue weighted by Gasteiger charge is -2.00. The van der Waals surface area contributed by atoms with Gasteiger partial charge in [0.1, 0.15) is 5.69 Å². The summed E-state index contributed by atoms with van der Waals surface area (Å²) >= 11 is 3.45. The van der Waals surface area contributed by atoms with Gasteiger partial charge in [0, 0.05) is 29.0 Å². The number of hydrogen-bond acceptors (Lipinski definition) is 2. The van der Waals surface area contributed by atoms with Crippen LogP contribution in [-0.4, -0.2) is 25.0 Å². The Morgan fingerprint density at radius 2 is 2.15 bits per heavy atom. The third-order valence-electron chi connectivity index (χ3n) is 3.36. The molecule has 0 saturated carbocycles. The molecule has 3 aromatic rings. The average molecular weight is 334 g/mol. The maximum absolute atomic E-state index is 11.1. The van der Waals surface area contributed by atoms with Crippen LogP contribution < -0.4 is 0 Å². The summed E-state index contributed by atoms with van der Waals surface area (Å²) in [5.74, 6) is -0.337. The fraction of sp³-hybridized carbons (Fsp3) is 0.143.